The van der Waals surface area contributed by atoms with Gasteiger partial charge in [0.05, 0.1) is 0 Å². The van der Waals surface area contributed by atoms with E-state index in [0.717, 1.165) is 49.7 Å². The van der Waals surface area contributed by atoms with E-state index < -0.39 is 11.9 Å². The fourth-order valence-corrected chi connectivity index (χ4v) is 3.37. The van der Waals surface area contributed by atoms with Gasteiger partial charge in [0.1, 0.15) is 0 Å². The minimum atomic E-state index is -1.12. The Morgan fingerprint density at radius 1 is 0.559 bits per heavy atom. The van der Waals surface area contributed by atoms with Gasteiger partial charge in [-0.15, -0.1) is 0 Å². The van der Waals surface area contributed by atoms with E-state index in [4.69, 9.17) is 0 Å². The maximum atomic E-state index is 10.9. The van der Waals surface area contributed by atoms with Crippen LogP contribution in [-0.4, -0.2) is 0 Å². The van der Waals surface area contributed by atoms with E-state index in [2.05, 4.69) is 0 Å². The largest absolute Gasteiger partial charge is 2.00 e. The van der Waals surface area contributed by atoms with E-state index in [1.165, 1.54) is 0 Å². The van der Waals surface area contributed by atoms with Crippen LogP contribution in [-0.2, 0) is 34.1 Å². The molecule has 2 aromatic carbocycles. The van der Waals surface area contributed by atoms with Crippen LogP contribution in [0.5, 0.6) is 0 Å². The second kappa shape index (κ2) is 18.8. The first kappa shape index (κ1) is 31.4. The Bertz CT molecular complexity index is 838. The van der Waals surface area contributed by atoms with Crippen LogP contribution in [0.25, 0.3) is 0 Å². The summed E-state index contributed by atoms with van der Waals surface area (Å²) < 4.78 is 0. The van der Waals surface area contributed by atoms with Crippen LogP contribution in [0.15, 0.2) is 131 Å². The Hall–Kier alpha value is -2.62. The van der Waals surface area contributed by atoms with Crippen molar-refractivity contribution < 1.29 is 54.6 Å². The first-order valence-corrected chi connectivity index (χ1v) is 10.8. The van der Waals surface area contributed by atoms with Crippen LogP contribution >= 0.6 is 0 Å². The molecule has 0 radical (unpaired) electrons. The van der Waals surface area contributed by atoms with Crippen LogP contribution in [0.1, 0.15) is 38.5 Å². The van der Waals surface area contributed by atoms with Crippen LogP contribution in [0.2, 0.25) is 0 Å². The zero-order valence-electron chi connectivity index (χ0n) is 18.8. The second-order valence-electron chi connectivity index (χ2n) is 7.34. The van der Waals surface area contributed by atoms with E-state index in [1.54, 1.807) is 24.3 Å². The summed E-state index contributed by atoms with van der Waals surface area (Å²) in [4.78, 5) is 0. The van der Waals surface area contributed by atoms with Crippen molar-refractivity contribution in [3.8, 4) is 0 Å². The molecule has 0 atom stereocenters. The Morgan fingerprint density at radius 3 is 1.18 bits per heavy atom. The molecule has 4 nitrogen and oxygen atoms in total. The molecule has 0 fully saturated rings. The molecule has 6 heteroatoms. The molecule has 34 heavy (non-hydrogen) atoms. The van der Waals surface area contributed by atoms with Gasteiger partial charge in [-0.1, -0.05) is 49.3 Å². The van der Waals surface area contributed by atoms with Crippen molar-refractivity contribution in [2.24, 2.45) is 0 Å². The molecule has 4 rings (SSSR count). The summed E-state index contributed by atoms with van der Waals surface area (Å²) >= 11 is 0. The zero-order valence-corrected chi connectivity index (χ0v) is 21.0. The smallest absolute Gasteiger partial charge is 0.884 e. The fraction of sp³-hybridized carbons (Fsp3) is 0.214. The molecule has 0 saturated heterocycles. The third-order valence-corrected chi connectivity index (χ3v) is 5.01. The van der Waals surface area contributed by atoms with Gasteiger partial charge in [0, 0.05) is 0 Å². The molecule has 2 aliphatic carbocycles. The van der Waals surface area contributed by atoms with Gasteiger partial charge in [-0.3, -0.25) is 0 Å². The van der Waals surface area contributed by atoms with Crippen LogP contribution in [0.3, 0.4) is 0 Å². The standard InChI is InChI=1S/C18H22O4.2C5H5.2Fe/c19-17(20)15-11-5-9-13(15)7-3-1-2-4-8-14-10-6-12-16(14)18(21)22;2*1-2-4-5-3-1;;/h5-6,9-12,19-22H,1-4,7-8H2;2*1-5H;;/q;2*-1;2*+2/p-4. The Morgan fingerprint density at radius 2 is 0.912 bits per heavy atom. The minimum Gasteiger partial charge on any atom is -0.884 e. The molecule has 0 aliphatic heterocycles. The summed E-state index contributed by atoms with van der Waals surface area (Å²) in [5, 5.41) is 43.5. The van der Waals surface area contributed by atoms with Gasteiger partial charge in [-0.25, -0.2) is 24.3 Å². The number of hydrogen-bond donors (Lipinski definition) is 0. The van der Waals surface area contributed by atoms with Gasteiger partial charge in [0.25, 0.3) is 0 Å². The first-order chi connectivity index (χ1) is 15.6. The topological polar surface area (TPSA) is 92.2 Å². The molecule has 0 heterocycles. The van der Waals surface area contributed by atoms with Crippen molar-refractivity contribution >= 4 is 0 Å². The van der Waals surface area contributed by atoms with Crippen molar-refractivity contribution in [1.29, 1.82) is 0 Å². The number of allylic oxidation sites excluding steroid dienone is 10. The first-order valence-electron chi connectivity index (χ1n) is 10.8. The van der Waals surface area contributed by atoms with E-state index in [1.807, 2.05) is 72.8 Å². The predicted octanol–water partition coefficient (Wildman–Crippen LogP) is 2.99. The van der Waals surface area contributed by atoms with Crippen molar-refractivity contribution in [2.45, 2.75) is 38.5 Å². The maximum absolute atomic E-state index is 10.9. The van der Waals surface area contributed by atoms with Crippen molar-refractivity contribution in [2.75, 3.05) is 0 Å². The van der Waals surface area contributed by atoms with E-state index in [0.29, 0.717) is 0 Å². The molecule has 0 saturated carbocycles. The molecule has 0 unspecified atom stereocenters. The van der Waals surface area contributed by atoms with Crippen LogP contribution in [0.4, 0.5) is 0 Å². The molecule has 0 amide bonds. The summed E-state index contributed by atoms with van der Waals surface area (Å²) in [6, 6.07) is 20.0. The van der Waals surface area contributed by atoms with E-state index in [9.17, 15) is 20.4 Å². The average molecular weight is 540 g/mol. The van der Waals surface area contributed by atoms with E-state index in [-0.39, 0.29) is 45.3 Å². The summed E-state index contributed by atoms with van der Waals surface area (Å²) in [5.74, 6) is -2.24. The van der Waals surface area contributed by atoms with Crippen molar-refractivity contribution in [3.05, 3.63) is 131 Å². The van der Waals surface area contributed by atoms with Gasteiger partial charge < -0.3 is 20.4 Å². The maximum Gasteiger partial charge on any atom is 2.00 e. The second-order valence-corrected chi connectivity index (χ2v) is 7.34. The summed E-state index contributed by atoms with van der Waals surface area (Å²) in [5.41, 5.74) is 2.23. The molecule has 0 bridgehead atoms. The SMILES string of the molecule is [Fe+2].[Fe+2].[O-]C([O-])=C1C=CC=C1CCCCCCC1=CC=CC1=C([O-])[O-].c1cc[cH-]c1.c1cc[cH-]c1. The number of unbranched alkanes of at least 4 members (excludes halogenated alkanes) is 3. The minimum absolute atomic E-state index is 0. The Labute approximate surface area is 223 Å². The molecule has 0 spiro atoms. The molecule has 2 aliphatic rings. The third kappa shape index (κ3) is 12.0. The van der Waals surface area contributed by atoms with Crippen LogP contribution in [0, 0.1) is 0 Å². The zero-order chi connectivity index (χ0) is 23.0. The molecule has 2 aromatic rings. The van der Waals surface area contributed by atoms with Gasteiger partial charge in [0.15, 0.2) is 0 Å². The van der Waals surface area contributed by atoms with E-state index >= 15 is 0 Å². The summed E-state index contributed by atoms with van der Waals surface area (Å²) in [6.07, 6.45) is 15.5. The average Bonchev–Trinajstić information content (AvgIpc) is 3.61. The molecule has 0 aromatic heterocycles. The number of hydrogen-bond acceptors (Lipinski definition) is 4. The van der Waals surface area contributed by atoms with Gasteiger partial charge in [-0.2, -0.15) is 48.3 Å². The fourth-order valence-electron chi connectivity index (χ4n) is 3.37. The van der Waals surface area contributed by atoms with Gasteiger partial charge in [-0.05, 0) is 48.0 Å². The van der Waals surface area contributed by atoms with Gasteiger partial charge in [0.2, 0.25) is 0 Å². The summed E-state index contributed by atoms with van der Waals surface area (Å²) in [6.45, 7) is 0. The Kier molecular flexibility index (Phi) is 17.3. The molecular formula is C28H28Fe2O4-2. The van der Waals surface area contributed by atoms with Crippen LogP contribution < -0.4 is 20.4 Å². The Balaban J connectivity index is 0.000000746. The normalized spacial score (nSPS) is 12.8. The van der Waals surface area contributed by atoms with Crippen molar-refractivity contribution in [3.63, 3.8) is 0 Å². The van der Waals surface area contributed by atoms with Gasteiger partial charge >= 0.3 is 34.1 Å². The third-order valence-electron chi connectivity index (χ3n) is 5.01. The monoisotopic (exact) mass is 540 g/mol. The van der Waals surface area contributed by atoms with Crippen molar-refractivity contribution in [1.82, 2.24) is 0 Å². The number of rotatable bonds is 7. The molecular weight excluding hydrogens is 512 g/mol. The quantitative estimate of drug-likeness (QED) is 0.234. The predicted molar refractivity (Wildman–Crippen MR) is 120 cm³/mol. The summed E-state index contributed by atoms with van der Waals surface area (Å²) in [7, 11) is 0. The molecule has 182 valence electrons. The molecule has 0 N–H and O–H groups in total.